The predicted octanol–water partition coefficient (Wildman–Crippen LogP) is 3.16. The lowest BCUT2D eigenvalue weighted by molar-refractivity contribution is 0.0600. The SMILES string of the molecule is COC(=O)c1ccnc(Nc2ccc3ncccc3c2)c1. The average Bonchev–Trinajstić information content (AvgIpc) is 2.54. The number of esters is 1. The first-order valence-electron chi connectivity index (χ1n) is 6.42. The molecule has 0 saturated carbocycles. The smallest absolute Gasteiger partial charge is 0.338 e. The normalized spacial score (nSPS) is 10.3. The third-order valence-corrected chi connectivity index (χ3v) is 3.06. The van der Waals surface area contributed by atoms with Crippen molar-refractivity contribution in [1.29, 1.82) is 0 Å². The number of carbonyl (C=O) groups is 1. The van der Waals surface area contributed by atoms with Gasteiger partial charge in [-0.05, 0) is 36.4 Å². The summed E-state index contributed by atoms with van der Waals surface area (Å²) in [6.07, 6.45) is 3.33. The summed E-state index contributed by atoms with van der Waals surface area (Å²) < 4.78 is 4.70. The highest BCUT2D eigenvalue weighted by molar-refractivity contribution is 5.90. The van der Waals surface area contributed by atoms with E-state index in [4.69, 9.17) is 4.74 Å². The maximum absolute atomic E-state index is 11.5. The van der Waals surface area contributed by atoms with Crippen molar-refractivity contribution in [1.82, 2.24) is 9.97 Å². The molecule has 104 valence electrons. The third-order valence-electron chi connectivity index (χ3n) is 3.06. The quantitative estimate of drug-likeness (QED) is 0.746. The first kappa shape index (κ1) is 13.1. The highest BCUT2D eigenvalue weighted by Crippen LogP contribution is 2.20. The Labute approximate surface area is 121 Å². The number of aromatic nitrogens is 2. The Balaban J connectivity index is 1.89. The van der Waals surface area contributed by atoms with Gasteiger partial charge >= 0.3 is 5.97 Å². The summed E-state index contributed by atoms with van der Waals surface area (Å²) in [5, 5.41) is 4.20. The van der Waals surface area contributed by atoms with E-state index >= 15 is 0 Å². The molecule has 5 heteroatoms. The summed E-state index contributed by atoms with van der Waals surface area (Å²) in [4.78, 5) is 20.0. The number of hydrogen-bond donors (Lipinski definition) is 1. The molecular weight excluding hydrogens is 266 g/mol. The van der Waals surface area contributed by atoms with Crippen LogP contribution in [-0.2, 0) is 4.74 Å². The molecule has 0 aliphatic carbocycles. The summed E-state index contributed by atoms with van der Waals surface area (Å²) in [7, 11) is 1.35. The van der Waals surface area contributed by atoms with E-state index in [-0.39, 0.29) is 5.97 Å². The van der Waals surface area contributed by atoms with Crippen molar-refractivity contribution in [3.8, 4) is 0 Å². The van der Waals surface area contributed by atoms with Gasteiger partial charge in [0.2, 0.25) is 0 Å². The molecule has 3 rings (SSSR count). The Morgan fingerprint density at radius 2 is 2.00 bits per heavy atom. The highest BCUT2D eigenvalue weighted by atomic mass is 16.5. The zero-order valence-corrected chi connectivity index (χ0v) is 11.4. The van der Waals surface area contributed by atoms with Crippen LogP contribution in [-0.4, -0.2) is 23.0 Å². The number of nitrogens with one attached hydrogen (secondary N) is 1. The van der Waals surface area contributed by atoms with Crippen LogP contribution in [0.2, 0.25) is 0 Å². The second-order valence-corrected chi connectivity index (χ2v) is 4.46. The topological polar surface area (TPSA) is 64.1 Å². The molecule has 0 radical (unpaired) electrons. The minimum Gasteiger partial charge on any atom is -0.465 e. The summed E-state index contributed by atoms with van der Waals surface area (Å²) >= 11 is 0. The molecule has 5 nitrogen and oxygen atoms in total. The molecule has 3 aromatic rings. The van der Waals surface area contributed by atoms with Crippen LogP contribution in [0.1, 0.15) is 10.4 Å². The van der Waals surface area contributed by atoms with Gasteiger partial charge in [0.15, 0.2) is 0 Å². The molecule has 0 amide bonds. The molecule has 2 heterocycles. The van der Waals surface area contributed by atoms with Crippen LogP contribution in [0.15, 0.2) is 54.9 Å². The Bertz CT molecular complexity index is 802. The molecule has 0 unspecified atom stereocenters. The van der Waals surface area contributed by atoms with Gasteiger partial charge in [-0.25, -0.2) is 9.78 Å². The van der Waals surface area contributed by atoms with E-state index in [1.165, 1.54) is 7.11 Å². The molecule has 1 aromatic carbocycles. The van der Waals surface area contributed by atoms with E-state index in [9.17, 15) is 4.79 Å². The van der Waals surface area contributed by atoms with Gasteiger partial charge < -0.3 is 10.1 Å². The number of rotatable bonds is 3. The Morgan fingerprint density at radius 3 is 2.86 bits per heavy atom. The predicted molar refractivity (Wildman–Crippen MR) is 80.6 cm³/mol. The number of carbonyl (C=O) groups excluding carboxylic acids is 1. The Hall–Kier alpha value is -2.95. The Kier molecular flexibility index (Phi) is 3.47. The van der Waals surface area contributed by atoms with Gasteiger partial charge in [-0.15, -0.1) is 0 Å². The van der Waals surface area contributed by atoms with Crippen molar-refractivity contribution in [3.63, 3.8) is 0 Å². The van der Waals surface area contributed by atoms with E-state index in [1.807, 2.05) is 30.3 Å². The average molecular weight is 279 g/mol. The molecule has 1 N–H and O–H groups in total. The van der Waals surface area contributed by atoms with Crippen LogP contribution >= 0.6 is 0 Å². The van der Waals surface area contributed by atoms with Crippen molar-refractivity contribution in [2.45, 2.75) is 0 Å². The van der Waals surface area contributed by atoms with Crippen LogP contribution in [0.25, 0.3) is 10.9 Å². The van der Waals surface area contributed by atoms with Crippen molar-refractivity contribution in [2.24, 2.45) is 0 Å². The fraction of sp³-hybridized carbons (Fsp3) is 0.0625. The molecule has 0 saturated heterocycles. The lowest BCUT2D eigenvalue weighted by Gasteiger charge is -2.07. The monoisotopic (exact) mass is 279 g/mol. The van der Waals surface area contributed by atoms with Gasteiger partial charge in [-0.3, -0.25) is 4.98 Å². The molecule has 0 atom stereocenters. The lowest BCUT2D eigenvalue weighted by atomic mass is 10.2. The van der Waals surface area contributed by atoms with E-state index in [2.05, 4.69) is 15.3 Å². The first-order valence-corrected chi connectivity index (χ1v) is 6.42. The largest absolute Gasteiger partial charge is 0.465 e. The van der Waals surface area contributed by atoms with Crippen molar-refractivity contribution >= 4 is 28.4 Å². The van der Waals surface area contributed by atoms with E-state index in [0.29, 0.717) is 11.4 Å². The van der Waals surface area contributed by atoms with Crippen LogP contribution < -0.4 is 5.32 Å². The number of pyridine rings is 2. The summed E-state index contributed by atoms with van der Waals surface area (Å²) in [5.41, 5.74) is 2.27. The van der Waals surface area contributed by atoms with E-state index in [0.717, 1.165) is 16.6 Å². The molecular formula is C16H13N3O2. The van der Waals surface area contributed by atoms with Crippen LogP contribution in [0.3, 0.4) is 0 Å². The van der Waals surface area contributed by atoms with E-state index < -0.39 is 0 Å². The van der Waals surface area contributed by atoms with Crippen LogP contribution in [0.4, 0.5) is 11.5 Å². The maximum Gasteiger partial charge on any atom is 0.338 e. The van der Waals surface area contributed by atoms with Gasteiger partial charge in [0.25, 0.3) is 0 Å². The van der Waals surface area contributed by atoms with Gasteiger partial charge in [-0.1, -0.05) is 6.07 Å². The molecule has 0 fully saturated rings. The standard InChI is InChI=1S/C16H13N3O2/c1-21-16(20)12-6-8-18-15(10-12)19-13-4-5-14-11(9-13)3-2-7-17-14/h2-10H,1H3,(H,18,19). The minimum absolute atomic E-state index is 0.386. The lowest BCUT2D eigenvalue weighted by Crippen LogP contribution is -2.03. The number of anilines is 2. The summed E-state index contributed by atoms with van der Waals surface area (Å²) in [5.74, 6) is 0.198. The maximum atomic E-state index is 11.5. The highest BCUT2D eigenvalue weighted by Gasteiger charge is 2.06. The number of ether oxygens (including phenoxy) is 1. The van der Waals surface area contributed by atoms with Gasteiger partial charge in [0, 0.05) is 23.5 Å². The molecule has 0 bridgehead atoms. The second kappa shape index (κ2) is 5.58. The number of fused-ring (bicyclic) bond motifs is 1. The minimum atomic E-state index is -0.386. The fourth-order valence-corrected chi connectivity index (χ4v) is 2.04. The van der Waals surface area contributed by atoms with Crippen molar-refractivity contribution in [2.75, 3.05) is 12.4 Å². The molecule has 0 aliphatic heterocycles. The van der Waals surface area contributed by atoms with Gasteiger partial charge in [0.1, 0.15) is 5.82 Å². The fourth-order valence-electron chi connectivity index (χ4n) is 2.04. The van der Waals surface area contributed by atoms with Crippen LogP contribution in [0, 0.1) is 0 Å². The van der Waals surface area contributed by atoms with Gasteiger partial charge in [-0.2, -0.15) is 0 Å². The van der Waals surface area contributed by atoms with Crippen LogP contribution in [0.5, 0.6) is 0 Å². The summed E-state index contributed by atoms with van der Waals surface area (Å²) in [6, 6.07) is 13.0. The van der Waals surface area contributed by atoms with E-state index in [1.54, 1.807) is 24.5 Å². The zero-order valence-electron chi connectivity index (χ0n) is 11.4. The summed E-state index contributed by atoms with van der Waals surface area (Å²) in [6.45, 7) is 0. The second-order valence-electron chi connectivity index (χ2n) is 4.46. The molecule has 0 aliphatic rings. The first-order chi connectivity index (χ1) is 10.3. The third kappa shape index (κ3) is 2.81. The zero-order chi connectivity index (χ0) is 14.7. The Morgan fingerprint density at radius 1 is 1.10 bits per heavy atom. The number of benzene rings is 1. The van der Waals surface area contributed by atoms with Crippen molar-refractivity contribution < 1.29 is 9.53 Å². The number of methoxy groups -OCH3 is 1. The molecule has 2 aromatic heterocycles. The molecule has 21 heavy (non-hydrogen) atoms. The van der Waals surface area contributed by atoms with Gasteiger partial charge in [0.05, 0.1) is 18.2 Å². The molecule has 0 spiro atoms. The van der Waals surface area contributed by atoms with Crippen molar-refractivity contribution in [3.05, 3.63) is 60.4 Å². The number of nitrogens with zero attached hydrogens (tertiary/aromatic N) is 2. The number of hydrogen-bond acceptors (Lipinski definition) is 5.